The number of benzene rings is 2. The number of nitrogens with one attached hydrogen (secondary N) is 1. The van der Waals surface area contributed by atoms with Crippen LogP contribution in [0.3, 0.4) is 0 Å². The Morgan fingerprint density at radius 2 is 1.72 bits per heavy atom. The fourth-order valence-corrected chi connectivity index (χ4v) is 2.37. The van der Waals surface area contributed by atoms with Crippen molar-refractivity contribution in [3.8, 4) is 17.7 Å². The van der Waals surface area contributed by atoms with Gasteiger partial charge in [-0.15, -0.1) is 0 Å². The molecule has 1 aromatic heterocycles. The number of rotatable bonds is 4. The van der Waals surface area contributed by atoms with Gasteiger partial charge in [-0.1, -0.05) is 18.2 Å². The summed E-state index contributed by atoms with van der Waals surface area (Å²) in [6, 6.07) is 16.6. The molecule has 6 heteroatoms. The topological polar surface area (TPSA) is 96.9 Å². The van der Waals surface area contributed by atoms with Crippen LogP contribution in [0, 0.1) is 25.2 Å². The second-order valence-electron chi connectivity index (χ2n) is 5.59. The Bertz CT molecular complexity index is 925. The van der Waals surface area contributed by atoms with Gasteiger partial charge < -0.3 is 15.8 Å². The summed E-state index contributed by atoms with van der Waals surface area (Å²) < 4.78 is 5.92. The third-order valence-corrected chi connectivity index (χ3v) is 3.61. The highest BCUT2D eigenvalue weighted by molar-refractivity contribution is 5.57. The number of nitriles is 1. The average Bonchev–Trinajstić information content (AvgIpc) is 2.58. The van der Waals surface area contributed by atoms with E-state index in [1.807, 2.05) is 32.0 Å². The minimum Gasteiger partial charge on any atom is -0.438 e. The smallest absolute Gasteiger partial charge is 0.232 e. The van der Waals surface area contributed by atoms with Gasteiger partial charge in [-0.05, 0) is 49.2 Å². The summed E-state index contributed by atoms with van der Waals surface area (Å²) >= 11 is 0. The highest BCUT2D eigenvalue weighted by atomic mass is 16.5. The molecule has 0 bridgehead atoms. The first kappa shape index (κ1) is 16.3. The van der Waals surface area contributed by atoms with Gasteiger partial charge in [0.2, 0.25) is 11.8 Å². The lowest BCUT2D eigenvalue weighted by Gasteiger charge is -2.12. The molecule has 3 aromatic rings. The minimum absolute atomic E-state index is 0.299. The van der Waals surface area contributed by atoms with E-state index in [1.165, 1.54) is 0 Å². The Balaban J connectivity index is 1.86. The summed E-state index contributed by atoms with van der Waals surface area (Å²) in [4.78, 5) is 8.53. The van der Waals surface area contributed by atoms with Gasteiger partial charge in [-0.2, -0.15) is 15.2 Å². The molecule has 2 aromatic carbocycles. The van der Waals surface area contributed by atoms with Crippen LogP contribution in [0.5, 0.6) is 11.6 Å². The van der Waals surface area contributed by atoms with Gasteiger partial charge in [0.1, 0.15) is 11.6 Å². The molecule has 6 nitrogen and oxygen atoms in total. The van der Waals surface area contributed by atoms with Crippen molar-refractivity contribution >= 4 is 17.5 Å². The molecule has 0 saturated carbocycles. The number of nitrogen functional groups attached to an aromatic ring is 1. The summed E-state index contributed by atoms with van der Waals surface area (Å²) in [6.45, 7) is 3.95. The zero-order valence-corrected chi connectivity index (χ0v) is 13.9. The highest BCUT2D eigenvalue weighted by Crippen LogP contribution is 2.29. The van der Waals surface area contributed by atoms with E-state index in [4.69, 9.17) is 15.7 Å². The second kappa shape index (κ2) is 6.89. The van der Waals surface area contributed by atoms with Gasteiger partial charge in [0.25, 0.3) is 0 Å². The van der Waals surface area contributed by atoms with Crippen molar-refractivity contribution in [1.82, 2.24) is 9.97 Å². The van der Waals surface area contributed by atoms with Crippen molar-refractivity contribution < 1.29 is 4.74 Å². The number of hydrogen-bond acceptors (Lipinski definition) is 6. The Hall–Kier alpha value is -3.59. The molecule has 0 saturated heterocycles. The van der Waals surface area contributed by atoms with E-state index >= 15 is 0 Å². The van der Waals surface area contributed by atoms with Crippen LogP contribution in [0.4, 0.5) is 17.5 Å². The number of aryl methyl sites for hydroxylation is 2. The Kier molecular flexibility index (Phi) is 4.48. The molecule has 3 N–H and O–H groups in total. The molecule has 0 spiro atoms. The van der Waals surface area contributed by atoms with Crippen molar-refractivity contribution in [2.75, 3.05) is 11.1 Å². The van der Waals surface area contributed by atoms with Crippen molar-refractivity contribution in [1.29, 1.82) is 5.26 Å². The van der Waals surface area contributed by atoms with E-state index < -0.39 is 0 Å². The summed E-state index contributed by atoms with van der Waals surface area (Å²) in [5.74, 6) is 1.74. The molecule has 124 valence electrons. The van der Waals surface area contributed by atoms with Gasteiger partial charge in [0, 0.05) is 11.8 Å². The molecular weight excluding hydrogens is 314 g/mol. The standard InChI is InChI=1S/C19H17N5O/c1-12-4-3-5-13(2)18(12)25-17-10-16(21)23-19(24-17)22-15-8-6-14(11-20)7-9-15/h3-10H,1-2H3,(H3,21,22,23,24). The van der Waals surface area contributed by atoms with Crippen LogP contribution >= 0.6 is 0 Å². The number of hydrogen-bond donors (Lipinski definition) is 2. The molecule has 1 heterocycles. The number of para-hydroxylation sites is 1. The van der Waals surface area contributed by atoms with E-state index in [-0.39, 0.29) is 0 Å². The van der Waals surface area contributed by atoms with Crippen LogP contribution in [0.25, 0.3) is 0 Å². The van der Waals surface area contributed by atoms with E-state index in [1.54, 1.807) is 30.3 Å². The van der Waals surface area contributed by atoms with Crippen molar-refractivity contribution in [2.24, 2.45) is 0 Å². The number of aromatic nitrogens is 2. The van der Waals surface area contributed by atoms with Crippen LogP contribution in [0.1, 0.15) is 16.7 Å². The second-order valence-corrected chi connectivity index (χ2v) is 5.59. The lowest BCUT2D eigenvalue weighted by atomic mass is 10.1. The third-order valence-electron chi connectivity index (χ3n) is 3.61. The maximum atomic E-state index is 8.85. The monoisotopic (exact) mass is 331 g/mol. The zero-order chi connectivity index (χ0) is 17.8. The number of anilines is 3. The van der Waals surface area contributed by atoms with Crippen LogP contribution < -0.4 is 15.8 Å². The van der Waals surface area contributed by atoms with Crippen molar-refractivity contribution in [2.45, 2.75) is 13.8 Å². The molecule has 0 aliphatic rings. The van der Waals surface area contributed by atoms with E-state index in [0.29, 0.717) is 23.2 Å². The van der Waals surface area contributed by atoms with Gasteiger partial charge in [0.15, 0.2) is 0 Å². The van der Waals surface area contributed by atoms with Crippen LogP contribution in [0.15, 0.2) is 48.5 Å². The number of ether oxygens (including phenoxy) is 1. The molecule has 25 heavy (non-hydrogen) atoms. The maximum Gasteiger partial charge on any atom is 0.232 e. The first-order valence-corrected chi connectivity index (χ1v) is 7.71. The molecule has 0 amide bonds. The molecular formula is C19H17N5O. The van der Waals surface area contributed by atoms with E-state index in [0.717, 1.165) is 22.6 Å². The summed E-state index contributed by atoms with van der Waals surface area (Å²) in [5, 5.41) is 11.9. The van der Waals surface area contributed by atoms with Gasteiger partial charge in [-0.3, -0.25) is 0 Å². The lowest BCUT2D eigenvalue weighted by molar-refractivity contribution is 0.456. The minimum atomic E-state index is 0.299. The predicted molar refractivity (Wildman–Crippen MR) is 96.9 cm³/mol. The zero-order valence-electron chi connectivity index (χ0n) is 13.9. The highest BCUT2D eigenvalue weighted by Gasteiger charge is 2.09. The molecule has 0 unspecified atom stereocenters. The fraction of sp³-hybridized carbons (Fsp3) is 0.105. The Morgan fingerprint density at radius 3 is 2.36 bits per heavy atom. The third kappa shape index (κ3) is 3.85. The number of nitrogens with zero attached hydrogens (tertiary/aromatic N) is 3. The van der Waals surface area contributed by atoms with Gasteiger partial charge >= 0.3 is 0 Å². The average molecular weight is 331 g/mol. The Morgan fingerprint density at radius 1 is 1.04 bits per heavy atom. The van der Waals surface area contributed by atoms with Gasteiger partial charge in [0.05, 0.1) is 11.6 Å². The molecule has 0 aliphatic heterocycles. The largest absolute Gasteiger partial charge is 0.438 e. The molecule has 0 fully saturated rings. The maximum absolute atomic E-state index is 8.85. The van der Waals surface area contributed by atoms with E-state index in [2.05, 4.69) is 21.4 Å². The summed E-state index contributed by atoms with van der Waals surface area (Å²) in [7, 11) is 0. The van der Waals surface area contributed by atoms with Crippen LogP contribution in [-0.2, 0) is 0 Å². The Labute approximate surface area is 145 Å². The molecule has 0 radical (unpaired) electrons. The van der Waals surface area contributed by atoms with Crippen molar-refractivity contribution in [3.63, 3.8) is 0 Å². The van der Waals surface area contributed by atoms with Crippen LogP contribution in [-0.4, -0.2) is 9.97 Å². The first-order chi connectivity index (χ1) is 12.0. The van der Waals surface area contributed by atoms with Gasteiger partial charge in [-0.25, -0.2) is 0 Å². The van der Waals surface area contributed by atoms with E-state index in [9.17, 15) is 0 Å². The fourth-order valence-electron chi connectivity index (χ4n) is 2.37. The molecule has 0 aliphatic carbocycles. The normalized spacial score (nSPS) is 10.1. The lowest BCUT2D eigenvalue weighted by Crippen LogP contribution is -2.02. The molecule has 3 rings (SSSR count). The summed E-state index contributed by atoms with van der Waals surface area (Å²) in [5.41, 5.74) is 9.23. The number of nitrogens with two attached hydrogens (primary N) is 1. The summed E-state index contributed by atoms with van der Waals surface area (Å²) in [6.07, 6.45) is 0. The SMILES string of the molecule is Cc1cccc(C)c1Oc1cc(N)nc(Nc2ccc(C#N)cc2)n1. The first-order valence-electron chi connectivity index (χ1n) is 7.71. The predicted octanol–water partition coefficient (Wildman–Crippen LogP) is 4.08. The molecule has 0 atom stereocenters. The quantitative estimate of drug-likeness (QED) is 0.747. The van der Waals surface area contributed by atoms with Crippen molar-refractivity contribution in [3.05, 3.63) is 65.2 Å². The van der Waals surface area contributed by atoms with Crippen LogP contribution in [0.2, 0.25) is 0 Å².